The van der Waals surface area contributed by atoms with Crippen LogP contribution in [0.3, 0.4) is 0 Å². The van der Waals surface area contributed by atoms with Gasteiger partial charge in [0.15, 0.2) is 0 Å². The number of hydrogen-bond acceptors (Lipinski definition) is 3. The van der Waals surface area contributed by atoms with Gasteiger partial charge in [-0.2, -0.15) is 5.26 Å². The summed E-state index contributed by atoms with van der Waals surface area (Å²) in [6, 6.07) is 10.4. The molecule has 1 aromatic carbocycles. The summed E-state index contributed by atoms with van der Waals surface area (Å²) in [5, 5.41) is 11.0. The van der Waals surface area contributed by atoms with Gasteiger partial charge in [-0.05, 0) is 59.6 Å². The molecule has 0 aliphatic carbocycles. The monoisotopic (exact) mass is 386 g/mol. The second-order valence-electron chi connectivity index (χ2n) is 5.10. The van der Waals surface area contributed by atoms with Gasteiger partial charge >= 0.3 is 6.03 Å². The minimum atomic E-state index is -1.00. The normalized spacial score (nSPS) is 11.0. The van der Waals surface area contributed by atoms with Crippen LogP contribution in [0, 0.1) is 25.2 Å². The van der Waals surface area contributed by atoms with Gasteiger partial charge in [-0.15, -0.1) is 0 Å². The highest BCUT2D eigenvalue weighted by Gasteiger charge is 2.15. The second kappa shape index (κ2) is 7.15. The zero-order valence-corrected chi connectivity index (χ0v) is 14.7. The molecule has 7 heteroatoms. The number of para-hydroxylation sites is 1. The van der Waals surface area contributed by atoms with Crippen LogP contribution in [0.25, 0.3) is 11.8 Å². The standard InChI is InChI=1S/C17H15BrN4O2/c1-10-7-12(8-13(9-19)16(23)21-17(20)24)11(2)22(10)15-6-4-3-5-14(15)18/h3-8H,1-2H3,(H3,20,21,23,24)/b13-8-. The van der Waals surface area contributed by atoms with E-state index in [1.165, 1.54) is 6.08 Å². The molecule has 0 bridgehead atoms. The molecule has 1 heterocycles. The van der Waals surface area contributed by atoms with E-state index in [0.717, 1.165) is 21.5 Å². The van der Waals surface area contributed by atoms with Crippen molar-refractivity contribution in [3.63, 3.8) is 0 Å². The average Bonchev–Trinajstić information content (AvgIpc) is 2.79. The molecule has 0 aliphatic rings. The molecule has 0 spiro atoms. The van der Waals surface area contributed by atoms with E-state index in [4.69, 9.17) is 11.0 Å². The molecule has 122 valence electrons. The number of nitrogens with zero attached hydrogens (tertiary/aromatic N) is 2. The Morgan fingerprint density at radius 2 is 2.00 bits per heavy atom. The number of nitriles is 1. The number of rotatable bonds is 3. The fourth-order valence-corrected chi connectivity index (χ4v) is 2.88. The maximum Gasteiger partial charge on any atom is 0.319 e. The van der Waals surface area contributed by atoms with Crippen molar-refractivity contribution in [1.82, 2.24) is 9.88 Å². The fraction of sp³-hybridized carbons (Fsp3) is 0.118. The molecule has 0 saturated heterocycles. The van der Waals surface area contributed by atoms with Crippen LogP contribution in [0.4, 0.5) is 4.79 Å². The minimum absolute atomic E-state index is 0.193. The third-order valence-corrected chi connectivity index (χ3v) is 4.14. The van der Waals surface area contributed by atoms with E-state index in [0.29, 0.717) is 5.56 Å². The topological polar surface area (TPSA) is 101 Å². The first-order valence-electron chi connectivity index (χ1n) is 7.01. The summed E-state index contributed by atoms with van der Waals surface area (Å²) >= 11 is 3.52. The van der Waals surface area contributed by atoms with E-state index in [1.54, 1.807) is 6.07 Å². The smallest absolute Gasteiger partial charge is 0.319 e. The number of aryl methyl sites for hydroxylation is 1. The van der Waals surface area contributed by atoms with Gasteiger partial charge in [0, 0.05) is 15.9 Å². The highest BCUT2D eigenvalue weighted by Crippen LogP contribution is 2.27. The first kappa shape index (κ1) is 17.5. The minimum Gasteiger partial charge on any atom is -0.351 e. The Bertz CT molecular complexity index is 890. The molecule has 6 nitrogen and oxygen atoms in total. The molecular formula is C17H15BrN4O2. The summed E-state index contributed by atoms with van der Waals surface area (Å²) in [6.07, 6.45) is 1.44. The van der Waals surface area contributed by atoms with E-state index < -0.39 is 11.9 Å². The van der Waals surface area contributed by atoms with Gasteiger partial charge in [-0.25, -0.2) is 4.79 Å². The maximum absolute atomic E-state index is 11.8. The number of imide groups is 1. The Labute approximate surface area is 147 Å². The highest BCUT2D eigenvalue weighted by atomic mass is 79.9. The van der Waals surface area contributed by atoms with E-state index in [-0.39, 0.29) is 5.57 Å². The Balaban J connectivity index is 2.51. The van der Waals surface area contributed by atoms with Crippen molar-refractivity contribution in [2.24, 2.45) is 5.73 Å². The lowest BCUT2D eigenvalue weighted by Gasteiger charge is -2.11. The molecule has 0 unspecified atom stereocenters. The molecular weight excluding hydrogens is 372 g/mol. The summed E-state index contributed by atoms with van der Waals surface area (Å²) in [5.74, 6) is -0.823. The highest BCUT2D eigenvalue weighted by molar-refractivity contribution is 9.10. The second-order valence-corrected chi connectivity index (χ2v) is 5.96. The van der Waals surface area contributed by atoms with Gasteiger partial charge in [0.2, 0.25) is 0 Å². The number of aromatic nitrogens is 1. The number of carbonyl (C=O) groups excluding carboxylic acids is 2. The van der Waals surface area contributed by atoms with Crippen molar-refractivity contribution in [1.29, 1.82) is 5.26 Å². The van der Waals surface area contributed by atoms with Crippen molar-refractivity contribution in [2.75, 3.05) is 0 Å². The number of primary amides is 1. The molecule has 0 fully saturated rings. The summed E-state index contributed by atoms with van der Waals surface area (Å²) in [7, 11) is 0. The van der Waals surface area contributed by atoms with Crippen LogP contribution in [-0.2, 0) is 4.79 Å². The van der Waals surface area contributed by atoms with Gasteiger partial charge < -0.3 is 10.3 Å². The van der Waals surface area contributed by atoms with Crippen LogP contribution < -0.4 is 11.1 Å². The molecule has 2 rings (SSSR count). The number of amides is 3. The predicted octanol–water partition coefficient (Wildman–Crippen LogP) is 2.96. The number of nitrogens with two attached hydrogens (primary N) is 1. The molecule has 24 heavy (non-hydrogen) atoms. The zero-order valence-electron chi connectivity index (χ0n) is 13.1. The molecule has 0 aliphatic heterocycles. The van der Waals surface area contributed by atoms with Crippen molar-refractivity contribution in [2.45, 2.75) is 13.8 Å². The third kappa shape index (κ3) is 3.55. The summed E-state index contributed by atoms with van der Waals surface area (Å²) in [5.41, 5.74) is 8.18. The van der Waals surface area contributed by atoms with E-state index in [2.05, 4.69) is 15.9 Å². The quantitative estimate of drug-likeness (QED) is 0.625. The average molecular weight is 387 g/mol. The lowest BCUT2D eigenvalue weighted by Crippen LogP contribution is -2.35. The van der Waals surface area contributed by atoms with Crippen LogP contribution >= 0.6 is 15.9 Å². The van der Waals surface area contributed by atoms with Crippen LogP contribution in [0.5, 0.6) is 0 Å². The number of carbonyl (C=O) groups is 2. The number of halogens is 1. The first-order valence-corrected chi connectivity index (χ1v) is 7.81. The zero-order chi connectivity index (χ0) is 17.9. The van der Waals surface area contributed by atoms with Crippen molar-refractivity contribution >= 4 is 33.9 Å². The SMILES string of the molecule is Cc1cc(/C=C(/C#N)C(=O)NC(N)=O)c(C)n1-c1ccccc1Br. The molecule has 0 saturated carbocycles. The van der Waals surface area contributed by atoms with Gasteiger partial charge in [0.05, 0.1) is 5.69 Å². The molecule has 0 radical (unpaired) electrons. The molecule has 0 atom stereocenters. The van der Waals surface area contributed by atoms with Crippen molar-refractivity contribution in [3.8, 4) is 11.8 Å². The Kier molecular flexibility index (Phi) is 5.21. The Hall–Kier alpha value is -2.85. The molecule has 2 aromatic rings. The summed E-state index contributed by atoms with van der Waals surface area (Å²) in [4.78, 5) is 22.6. The van der Waals surface area contributed by atoms with Gasteiger partial charge in [-0.3, -0.25) is 10.1 Å². The maximum atomic E-state index is 11.8. The third-order valence-electron chi connectivity index (χ3n) is 3.47. The van der Waals surface area contributed by atoms with Crippen LogP contribution in [0.2, 0.25) is 0 Å². The Morgan fingerprint density at radius 1 is 1.33 bits per heavy atom. The predicted molar refractivity (Wildman–Crippen MR) is 94.3 cm³/mol. The summed E-state index contributed by atoms with van der Waals surface area (Å²) < 4.78 is 2.94. The lowest BCUT2D eigenvalue weighted by atomic mass is 10.1. The van der Waals surface area contributed by atoms with E-state index >= 15 is 0 Å². The van der Waals surface area contributed by atoms with Gasteiger partial charge in [0.1, 0.15) is 11.6 Å². The fourth-order valence-electron chi connectivity index (χ4n) is 2.42. The van der Waals surface area contributed by atoms with Crippen LogP contribution in [0.1, 0.15) is 17.0 Å². The lowest BCUT2D eigenvalue weighted by molar-refractivity contribution is -0.115. The van der Waals surface area contributed by atoms with Gasteiger partial charge in [0.25, 0.3) is 5.91 Å². The first-order chi connectivity index (χ1) is 11.3. The number of hydrogen-bond donors (Lipinski definition) is 2. The Morgan fingerprint density at radius 3 is 2.58 bits per heavy atom. The number of benzene rings is 1. The van der Waals surface area contributed by atoms with Crippen LogP contribution in [-0.4, -0.2) is 16.5 Å². The van der Waals surface area contributed by atoms with Gasteiger partial charge in [-0.1, -0.05) is 12.1 Å². The molecule has 1 aromatic heterocycles. The molecule has 3 amide bonds. The van der Waals surface area contributed by atoms with Crippen LogP contribution in [0.15, 0.2) is 40.4 Å². The van der Waals surface area contributed by atoms with E-state index in [1.807, 2.05) is 54.1 Å². The summed E-state index contributed by atoms with van der Waals surface area (Å²) in [6.45, 7) is 3.82. The largest absolute Gasteiger partial charge is 0.351 e. The molecule has 3 N–H and O–H groups in total. The number of urea groups is 1. The van der Waals surface area contributed by atoms with Crippen molar-refractivity contribution in [3.05, 3.63) is 57.3 Å². The van der Waals surface area contributed by atoms with E-state index in [9.17, 15) is 9.59 Å². The van der Waals surface area contributed by atoms with Crippen molar-refractivity contribution < 1.29 is 9.59 Å². The number of nitrogens with one attached hydrogen (secondary N) is 1.